The van der Waals surface area contributed by atoms with Gasteiger partial charge in [-0.15, -0.1) is 0 Å². The number of aryl methyl sites for hydroxylation is 1. The number of ether oxygens (including phenoxy) is 1. The van der Waals surface area contributed by atoms with E-state index in [9.17, 15) is 4.79 Å². The lowest BCUT2D eigenvalue weighted by Gasteiger charge is -2.26. The molecule has 7 nitrogen and oxygen atoms in total. The summed E-state index contributed by atoms with van der Waals surface area (Å²) in [5, 5.41) is 10.8. The molecule has 1 spiro atoms. The third-order valence-electron chi connectivity index (χ3n) is 5.21. The van der Waals surface area contributed by atoms with Gasteiger partial charge in [0, 0.05) is 32.9 Å². The maximum Gasteiger partial charge on any atom is 0.318 e. The van der Waals surface area contributed by atoms with E-state index in [0.29, 0.717) is 31.2 Å². The van der Waals surface area contributed by atoms with Gasteiger partial charge >= 0.3 is 6.03 Å². The fraction of sp³-hybridized carbons (Fsp3) is 0.750. The van der Waals surface area contributed by atoms with Crippen molar-refractivity contribution in [1.29, 1.82) is 0 Å². The number of piperidine rings is 1. The molecular weight excluding hydrogens is 294 g/mol. The van der Waals surface area contributed by atoms with Crippen LogP contribution in [0.1, 0.15) is 25.0 Å². The van der Waals surface area contributed by atoms with Crippen LogP contribution in [0.2, 0.25) is 0 Å². The van der Waals surface area contributed by atoms with E-state index < -0.39 is 0 Å². The summed E-state index contributed by atoms with van der Waals surface area (Å²) in [6, 6.07) is 2.27. The van der Waals surface area contributed by atoms with Crippen LogP contribution >= 0.6 is 0 Å². The molecule has 0 aromatic carbocycles. The van der Waals surface area contributed by atoms with Crippen molar-refractivity contribution >= 4 is 6.03 Å². The summed E-state index contributed by atoms with van der Waals surface area (Å²) < 4.78 is 6.95. The first-order valence-corrected chi connectivity index (χ1v) is 8.37. The number of rotatable bonds is 6. The Morgan fingerprint density at radius 2 is 2.35 bits per heavy atom. The predicted molar refractivity (Wildman–Crippen MR) is 87.0 cm³/mol. The van der Waals surface area contributed by atoms with Crippen molar-refractivity contribution in [3.8, 4) is 0 Å². The monoisotopic (exact) mass is 321 g/mol. The molecule has 0 bridgehead atoms. The van der Waals surface area contributed by atoms with Crippen LogP contribution in [0.3, 0.4) is 0 Å². The molecule has 1 atom stereocenters. The molecule has 3 rings (SSSR count). The van der Waals surface area contributed by atoms with Gasteiger partial charge < -0.3 is 20.3 Å². The molecular formula is C16H27N5O2. The summed E-state index contributed by atoms with van der Waals surface area (Å²) >= 11 is 0. The number of urea groups is 1. The highest BCUT2D eigenvalue weighted by Gasteiger charge is 2.54. The normalized spacial score (nSPS) is 22.1. The van der Waals surface area contributed by atoms with Gasteiger partial charge in [-0.25, -0.2) is 4.79 Å². The molecule has 2 heterocycles. The predicted octanol–water partition coefficient (Wildman–Crippen LogP) is 0.720. The Labute approximate surface area is 137 Å². The Bertz CT molecular complexity index is 538. The molecule has 1 unspecified atom stereocenters. The maximum atomic E-state index is 12.7. The minimum absolute atomic E-state index is 0.00339. The molecule has 2 aliphatic rings. The number of hydrogen-bond acceptors (Lipinski definition) is 4. The summed E-state index contributed by atoms with van der Waals surface area (Å²) in [5.41, 5.74) is 1.36. The number of amides is 2. The Hall–Kier alpha value is -1.60. The number of methoxy groups -OCH3 is 1. The summed E-state index contributed by atoms with van der Waals surface area (Å²) in [6.45, 7) is 3.79. The van der Waals surface area contributed by atoms with E-state index >= 15 is 0 Å². The van der Waals surface area contributed by atoms with Crippen molar-refractivity contribution < 1.29 is 9.53 Å². The van der Waals surface area contributed by atoms with Crippen molar-refractivity contribution in [3.63, 3.8) is 0 Å². The average Bonchev–Trinajstić information content (AvgIpc) is 3.01. The van der Waals surface area contributed by atoms with Crippen LogP contribution in [0.25, 0.3) is 0 Å². The van der Waals surface area contributed by atoms with E-state index in [0.717, 1.165) is 38.0 Å². The minimum atomic E-state index is 0.00339. The van der Waals surface area contributed by atoms with Gasteiger partial charge in [-0.3, -0.25) is 4.68 Å². The van der Waals surface area contributed by atoms with E-state index in [2.05, 4.69) is 15.7 Å². The first-order valence-electron chi connectivity index (χ1n) is 8.37. The van der Waals surface area contributed by atoms with Gasteiger partial charge in [0.25, 0.3) is 0 Å². The fourth-order valence-electron chi connectivity index (χ4n) is 3.48. The lowest BCUT2D eigenvalue weighted by atomic mass is 9.94. The third-order valence-corrected chi connectivity index (χ3v) is 5.21. The second-order valence-corrected chi connectivity index (χ2v) is 6.68. The number of hydrogen-bond donors (Lipinski definition) is 2. The van der Waals surface area contributed by atoms with Crippen LogP contribution < -0.4 is 10.6 Å². The van der Waals surface area contributed by atoms with Crippen molar-refractivity contribution in [2.45, 2.75) is 31.8 Å². The topological polar surface area (TPSA) is 71.4 Å². The zero-order valence-corrected chi connectivity index (χ0v) is 14.0. The third kappa shape index (κ3) is 3.67. The average molecular weight is 321 g/mol. The number of aromatic nitrogens is 2. The molecule has 1 aliphatic carbocycles. The summed E-state index contributed by atoms with van der Waals surface area (Å²) in [5.74, 6) is 0. The van der Waals surface area contributed by atoms with Gasteiger partial charge in [-0.2, -0.15) is 5.10 Å². The highest BCUT2D eigenvalue weighted by atomic mass is 16.5. The van der Waals surface area contributed by atoms with Gasteiger partial charge in [-0.05, 0) is 43.8 Å². The number of nitrogens with zero attached hydrogens (tertiary/aromatic N) is 3. The standard InChI is InChI=1S/C16H27N5O2/c1-20-13(3-6-18-20)12-21(9-10-23-2)15(22)19-14-11-16(14)4-7-17-8-5-16/h3,6,14,17H,4-5,7-12H2,1-2H3,(H,19,22). The first-order chi connectivity index (χ1) is 11.1. The molecule has 23 heavy (non-hydrogen) atoms. The zero-order chi connectivity index (χ0) is 16.3. The van der Waals surface area contributed by atoms with E-state index in [1.54, 1.807) is 18.0 Å². The second-order valence-electron chi connectivity index (χ2n) is 6.68. The molecule has 2 N–H and O–H groups in total. The van der Waals surface area contributed by atoms with Crippen molar-refractivity contribution in [2.75, 3.05) is 33.4 Å². The summed E-state index contributed by atoms with van der Waals surface area (Å²) in [6.07, 6.45) is 5.20. The van der Waals surface area contributed by atoms with Crippen LogP contribution in [0, 0.1) is 5.41 Å². The molecule has 1 saturated carbocycles. The van der Waals surface area contributed by atoms with Gasteiger partial charge in [-0.1, -0.05) is 0 Å². The first kappa shape index (κ1) is 16.3. The Balaban J connectivity index is 1.58. The SMILES string of the molecule is COCCN(Cc1ccnn1C)C(=O)NC1CC12CCNCC2. The van der Waals surface area contributed by atoms with Crippen molar-refractivity contribution in [2.24, 2.45) is 12.5 Å². The number of carbonyl (C=O) groups is 1. The molecule has 2 fully saturated rings. The quantitative estimate of drug-likeness (QED) is 0.810. The minimum Gasteiger partial charge on any atom is -0.383 e. The number of nitrogens with one attached hydrogen (secondary N) is 2. The van der Waals surface area contributed by atoms with Gasteiger partial charge in [0.15, 0.2) is 0 Å². The summed E-state index contributed by atoms with van der Waals surface area (Å²) in [4.78, 5) is 14.5. The molecule has 2 amide bonds. The van der Waals surface area contributed by atoms with Crippen molar-refractivity contribution in [1.82, 2.24) is 25.3 Å². The van der Waals surface area contributed by atoms with E-state index in [1.165, 1.54) is 0 Å². The van der Waals surface area contributed by atoms with Gasteiger partial charge in [0.2, 0.25) is 0 Å². The number of carbonyl (C=O) groups excluding carboxylic acids is 1. The van der Waals surface area contributed by atoms with Crippen molar-refractivity contribution in [3.05, 3.63) is 18.0 Å². The van der Waals surface area contributed by atoms with Crippen LogP contribution in [0.5, 0.6) is 0 Å². The molecule has 1 saturated heterocycles. The maximum absolute atomic E-state index is 12.7. The molecule has 7 heteroatoms. The lowest BCUT2D eigenvalue weighted by Crippen LogP contribution is -2.44. The smallest absolute Gasteiger partial charge is 0.318 e. The highest BCUT2D eigenvalue weighted by molar-refractivity contribution is 5.75. The van der Waals surface area contributed by atoms with Crippen LogP contribution in [0.15, 0.2) is 12.3 Å². The zero-order valence-electron chi connectivity index (χ0n) is 14.0. The van der Waals surface area contributed by atoms with Crippen LogP contribution in [-0.2, 0) is 18.3 Å². The summed E-state index contributed by atoms with van der Waals surface area (Å²) in [7, 11) is 3.55. The molecule has 1 aliphatic heterocycles. The van der Waals surface area contributed by atoms with Gasteiger partial charge in [0.1, 0.15) is 0 Å². The van der Waals surface area contributed by atoms with E-state index in [1.807, 2.05) is 18.0 Å². The van der Waals surface area contributed by atoms with E-state index in [4.69, 9.17) is 4.74 Å². The fourth-order valence-corrected chi connectivity index (χ4v) is 3.48. The Morgan fingerprint density at radius 1 is 1.57 bits per heavy atom. The Morgan fingerprint density at radius 3 is 3.00 bits per heavy atom. The lowest BCUT2D eigenvalue weighted by molar-refractivity contribution is 0.144. The molecule has 128 valence electrons. The molecule has 1 aromatic rings. The second kappa shape index (κ2) is 6.88. The van der Waals surface area contributed by atoms with Gasteiger partial charge in [0.05, 0.1) is 18.8 Å². The Kier molecular flexibility index (Phi) is 4.87. The van der Waals surface area contributed by atoms with Crippen LogP contribution in [-0.4, -0.2) is 60.1 Å². The van der Waals surface area contributed by atoms with E-state index in [-0.39, 0.29) is 6.03 Å². The highest BCUT2D eigenvalue weighted by Crippen LogP contribution is 2.52. The molecule has 1 aromatic heterocycles. The van der Waals surface area contributed by atoms with Crippen LogP contribution in [0.4, 0.5) is 4.79 Å². The largest absolute Gasteiger partial charge is 0.383 e. The molecule has 0 radical (unpaired) electrons.